The Bertz CT molecular complexity index is 761. The molecule has 0 radical (unpaired) electrons. The van der Waals surface area contributed by atoms with Crippen LogP contribution in [0.4, 0.5) is 0 Å². The maximum atomic E-state index is 12.5. The number of carbonyl (C=O) groups excluding carboxylic acids is 1. The fourth-order valence-corrected chi connectivity index (χ4v) is 7.46. The smallest absolute Gasteiger partial charge is 0.249 e. The van der Waals surface area contributed by atoms with Crippen LogP contribution in [0.15, 0.2) is 12.2 Å². The maximum Gasteiger partial charge on any atom is 0.249 e. The van der Waals surface area contributed by atoms with E-state index in [1.165, 1.54) is 186 Å². The van der Waals surface area contributed by atoms with Crippen molar-refractivity contribution in [1.82, 2.24) is 5.32 Å². The van der Waals surface area contributed by atoms with E-state index in [2.05, 4.69) is 31.3 Å². The molecule has 0 aliphatic heterocycles. The van der Waals surface area contributed by atoms with Crippen LogP contribution in [0.1, 0.15) is 251 Å². The summed E-state index contributed by atoms with van der Waals surface area (Å²) in [6.07, 6.45) is 46.9. The van der Waals surface area contributed by atoms with E-state index in [1.807, 2.05) is 0 Å². The lowest BCUT2D eigenvalue weighted by atomic mass is 10.00. The van der Waals surface area contributed by atoms with E-state index in [4.69, 9.17) is 0 Å². The highest BCUT2D eigenvalue weighted by atomic mass is 16.3. The highest BCUT2D eigenvalue weighted by Gasteiger charge is 2.28. The van der Waals surface area contributed by atoms with Crippen molar-refractivity contribution in [2.24, 2.45) is 0 Å². The van der Waals surface area contributed by atoms with Gasteiger partial charge in [0.25, 0.3) is 0 Å². The highest BCUT2D eigenvalue weighted by molar-refractivity contribution is 5.80. The van der Waals surface area contributed by atoms with E-state index in [1.54, 1.807) is 0 Å². The lowest BCUT2D eigenvalue weighted by Crippen LogP contribution is -2.53. The third-order valence-electron chi connectivity index (χ3n) is 11.2. The predicted octanol–water partition coefficient (Wildman–Crippen LogP) is 12.6. The zero-order chi connectivity index (χ0) is 38.9. The number of aliphatic hydroxyl groups is 4. The van der Waals surface area contributed by atoms with Gasteiger partial charge in [-0.25, -0.2) is 0 Å². The molecule has 53 heavy (non-hydrogen) atoms. The Kier molecular flexibility index (Phi) is 41.4. The minimum Gasteiger partial charge on any atom is -0.394 e. The Balaban J connectivity index is 3.65. The summed E-state index contributed by atoms with van der Waals surface area (Å²) in [5.41, 5.74) is 0. The monoisotopic (exact) mass is 752 g/mol. The third kappa shape index (κ3) is 36.4. The SMILES string of the molecule is CCCCCCCCCC/C=C/CCCC(O)C(O)C(CO)NC(=O)C(O)CCCCCCCCCCCCCCCCCCCCCCCCCC. The van der Waals surface area contributed by atoms with Gasteiger partial charge in [-0.1, -0.05) is 225 Å². The van der Waals surface area contributed by atoms with Gasteiger partial charge in [0.2, 0.25) is 5.91 Å². The van der Waals surface area contributed by atoms with Crippen molar-refractivity contribution in [3.63, 3.8) is 0 Å². The van der Waals surface area contributed by atoms with E-state index in [0.717, 1.165) is 38.5 Å². The second-order valence-corrected chi connectivity index (χ2v) is 16.5. The molecule has 0 aromatic rings. The lowest BCUT2D eigenvalue weighted by Gasteiger charge is -2.27. The summed E-state index contributed by atoms with van der Waals surface area (Å²) in [5, 5.41) is 43.6. The molecule has 0 aromatic carbocycles. The molecule has 6 heteroatoms. The molecule has 0 aliphatic carbocycles. The average Bonchev–Trinajstić information content (AvgIpc) is 3.16. The topological polar surface area (TPSA) is 110 Å². The normalized spacial score (nSPS) is 14.2. The summed E-state index contributed by atoms with van der Waals surface area (Å²) in [4.78, 5) is 12.5. The van der Waals surface area contributed by atoms with Crippen molar-refractivity contribution >= 4 is 5.91 Å². The Hall–Kier alpha value is -0.950. The van der Waals surface area contributed by atoms with Crippen LogP contribution in [0.25, 0.3) is 0 Å². The number of nitrogens with one attached hydrogen (secondary N) is 1. The Morgan fingerprint density at radius 2 is 0.774 bits per heavy atom. The molecule has 0 saturated carbocycles. The first-order valence-electron chi connectivity index (χ1n) is 23.6. The van der Waals surface area contributed by atoms with Crippen molar-refractivity contribution in [3.05, 3.63) is 12.2 Å². The van der Waals surface area contributed by atoms with Crippen LogP contribution in [-0.2, 0) is 4.79 Å². The number of hydrogen-bond acceptors (Lipinski definition) is 5. The van der Waals surface area contributed by atoms with E-state index < -0.39 is 36.9 Å². The molecular formula is C47H93NO5. The molecule has 0 heterocycles. The number of carbonyl (C=O) groups is 1. The molecule has 4 atom stereocenters. The Morgan fingerprint density at radius 1 is 0.453 bits per heavy atom. The van der Waals surface area contributed by atoms with E-state index in [0.29, 0.717) is 12.8 Å². The van der Waals surface area contributed by atoms with Crippen LogP contribution >= 0.6 is 0 Å². The second kappa shape index (κ2) is 42.2. The molecule has 0 aromatic heterocycles. The summed E-state index contributed by atoms with van der Waals surface area (Å²) in [5.74, 6) is -0.590. The van der Waals surface area contributed by atoms with Crippen LogP contribution in [0, 0.1) is 0 Å². The molecule has 0 spiro atoms. The molecule has 1 amide bonds. The Morgan fingerprint density at radius 3 is 1.13 bits per heavy atom. The van der Waals surface area contributed by atoms with Gasteiger partial charge < -0.3 is 25.7 Å². The van der Waals surface area contributed by atoms with Gasteiger partial charge in [-0.3, -0.25) is 4.79 Å². The van der Waals surface area contributed by atoms with Crippen LogP contribution in [0.5, 0.6) is 0 Å². The molecule has 0 fully saturated rings. The number of amides is 1. The number of rotatable bonds is 43. The molecule has 0 saturated heterocycles. The molecule has 0 bridgehead atoms. The van der Waals surface area contributed by atoms with Gasteiger partial charge in [0.05, 0.1) is 18.8 Å². The molecule has 0 aliphatic rings. The van der Waals surface area contributed by atoms with Gasteiger partial charge in [0.1, 0.15) is 12.2 Å². The van der Waals surface area contributed by atoms with Gasteiger partial charge in [-0.2, -0.15) is 0 Å². The number of hydrogen-bond donors (Lipinski definition) is 5. The number of allylic oxidation sites excluding steroid dienone is 2. The molecule has 316 valence electrons. The lowest BCUT2D eigenvalue weighted by molar-refractivity contribution is -0.132. The molecule has 5 N–H and O–H groups in total. The summed E-state index contributed by atoms with van der Waals surface area (Å²) in [6.45, 7) is 4.05. The number of unbranched alkanes of at least 4 members (excludes halogenated alkanes) is 32. The van der Waals surface area contributed by atoms with Crippen LogP contribution < -0.4 is 5.32 Å². The van der Waals surface area contributed by atoms with Gasteiger partial charge in [-0.05, 0) is 38.5 Å². The second-order valence-electron chi connectivity index (χ2n) is 16.5. The summed E-state index contributed by atoms with van der Waals surface area (Å²) < 4.78 is 0. The minimum atomic E-state index is -1.28. The maximum absolute atomic E-state index is 12.5. The van der Waals surface area contributed by atoms with Crippen molar-refractivity contribution < 1.29 is 25.2 Å². The van der Waals surface area contributed by atoms with E-state index in [9.17, 15) is 25.2 Å². The first-order valence-corrected chi connectivity index (χ1v) is 23.6. The zero-order valence-electron chi connectivity index (χ0n) is 35.5. The van der Waals surface area contributed by atoms with Gasteiger partial charge in [-0.15, -0.1) is 0 Å². The third-order valence-corrected chi connectivity index (χ3v) is 11.2. The van der Waals surface area contributed by atoms with Gasteiger partial charge in [0, 0.05) is 0 Å². The number of aliphatic hydroxyl groups excluding tert-OH is 4. The van der Waals surface area contributed by atoms with Crippen molar-refractivity contribution in [3.8, 4) is 0 Å². The summed E-state index contributed by atoms with van der Waals surface area (Å²) in [7, 11) is 0. The van der Waals surface area contributed by atoms with Crippen LogP contribution in [0.3, 0.4) is 0 Å². The molecule has 0 rings (SSSR count). The average molecular weight is 752 g/mol. The van der Waals surface area contributed by atoms with Crippen molar-refractivity contribution in [2.45, 2.75) is 276 Å². The molecule has 6 nitrogen and oxygen atoms in total. The Labute approximate surface area is 330 Å². The van der Waals surface area contributed by atoms with E-state index in [-0.39, 0.29) is 0 Å². The van der Waals surface area contributed by atoms with Gasteiger partial charge >= 0.3 is 0 Å². The fourth-order valence-electron chi connectivity index (χ4n) is 7.46. The van der Waals surface area contributed by atoms with Crippen molar-refractivity contribution in [2.75, 3.05) is 6.61 Å². The minimum absolute atomic E-state index is 0.368. The van der Waals surface area contributed by atoms with Gasteiger partial charge in [0.15, 0.2) is 0 Å². The molecule has 4 unspecified atom stereocenters. The largest absolute Gasteiger partial charge is 0.394 e. The summed E-state index contributed by atoms with van der Waals surface area (Å²) in [6, 6.07) is -0.996. The van der Waals surface area contributed by atoms with Crippen LogP contribution in [-0.4, -0.2) is 57.3 Å². The highest BCUT2D eigenvalue weighted by Crippen LogP contribution is 2.17. The zero-order valence-corrected chi connectivity index (χ0v) is 35.5. The summed E-state index contributed by atoms with van der Waals surface area (Å²) >= 11 is 0. The standard InChI is InChI=1S/C47H93NO5/c1-3-5-7-9-11-13-15-17-18-19-20-21-22-23-24-25-26-27-29-31-33-35-37-39-41-45(51)47(53)48-43(42-49)46(52)44(50)40-38-36-34-32-30-28-16-14-12-10-8-6-4-2/h32,34,43-46,49-52H,3-31,33,35-42H2,1-2H3,(H,48,53)/b34-32+. The van der Waals surface area contributed by atoms with Crippen molar-refractivity contribution in [1.29, 1.82) is 0 Å². The quantitative estimate of drug-likeness (QED) is 0.0315. The first-order chi connectivity index (χ1) is 26.0. The first kappa shape index (κ1) is 52.0. The van der Waals surface area contributed by atoms with Crippen LogP contribution in [0.2, 0.25) is 0 Å². The molecular weight excluding hydrogens is 659 g/mol. The van der Waals surface area contributed by atoms with E-state index >= 15 is 0 Å². The predicted molar refractivity (Wildman–Crippen MR) is 228 cm³/mol. The fraction of sp³-hybridized carbons (Fsp3) is 0.936.